The van der Waals surface area contributed by atoms with Gasteiger partial charge in [-0.3, -0.25) is 4.79 Å². The molecule has 0 spiro atoms. The molecule has 2 aromatic rings. The number of carbonyl (C=O) groups is 1. The number of amides is 1. The number of nitrogens with zero attached hydrogens (tertiary/aromatic N) is 2. The Labute approximate surface area is 147 Å². The van der Waals surface area contributed by atoms with E-state index in [-0.39, 0.29) is 11.4 Å². The zero-order valence-electron chi connectivity index (χ0n) is 13.1. The average Bonchev–Trinajstić information content (AvgIpc) is 2.60. The Bertz CT molecular complexity index is 795. The molecule has 0 fully saturated rings. The summed E-state index contributed by atoms with van der Waals surface area (Å²) in [6.45, 7) is -1.61. The van der Waals surface area contributed by atoms with Crippen LogP contribution < -0.4 is 10.1 Å². The third-order valence-corrected chi connectivity index (χ3v) is 3.01. The maximum absolute atomic E-state index is 12.7. The summed E-state index contributed by atoms with van der Waals surface area (Å²) in [5.41, 5.74) is -1.36. The molecule has 1 N–H and O–H groups in total. The van der Waals surface area contributed by atoms with Gasteiger partial charge in [0.15, 0.2) is 6.61 Å². The van der Waals surface area contributed by atoms with E-state index in [0.29, 0.717) is 0 Å². The van der Waals surface area contributed by atoms with Crippen molar-refractivity contribution in [1.29, 1.82) is 0 Å². The van der Waals surface area contributed by atoms with Gasteiger partial charge in [-0.05, 0) is 18.2 Å². The quantitative estimate of drug-likeness (QED) is 0.748. The van der Waals surface area contributed by atoms with Crippen LogP contribution in [0.4, 0.5) is 36.6 Å². The van der Waals surface area contributed by atoms with Gasteiger partial charge in [-0.1, -0.05) is 6.07 Å². The maximum atomic E-state index is 12.7. The Hall–Kier alpha value is -2.92. The smallest absolute Gasteiger partial charge is 0.433 e. The Kier molecular flexibility index (Phi) is 5.86. The second kappa shape index (κ2) is 7.76. The molecule has 0 bridgehead atoms. The van der Waals surface area contributed by atoms with Crippen molar-refractivity contribution in [3.05, 3.63) is 47.8 Å². The van der Waals surface area contributed by atoms with E-state index in [1.54, 1.807) is 0 Å². The summed E-state index contributed by atoms with van der Waals surface area (Å²) < 4.78 is 91.7. The molecule has 2 aromatic heterocycles. The van der Waals surface area contributed by atoms with Gasteiger partial charge in [0.2, 0.25) is 5.88 Å². The second-order valence-electron chi connectivity index (χ2n) is 5.10. The Morgan fingerprint density at radius 3 is 2.37 bits per heavy atom. The molecule has 0 saturated carbocycles. The van der Waals surface area contributed by atoms with Crippen molar-refractivity contribution in [3.8, 4) is 5.88 Å². The summed E-state index contributed by atoms with van der Waals surface area (Å²) in [5.74, 6) is -6.05. The molecule has 0 aliphatic carbocycles. The lowest BCUT2D eigenvalue weighted by Gasteiger charge is -2.15. The fourth-order valence-corrected chi connectivity index (χ4v) is 1.68. The van der Waals surface area contributed by atoms with Crippen LogP contribution in [0.15, 0.2) is 36.5 Å². The highest BCUT2D eigenvalue weighted by Crippen LogP contribution is 2.28. The summed E-state index contributed by atoms with van der Waals surface area (Å²) in [4.78, 5) is 18.7. The number of ether oxygens (including phenoxy) is 1. The molecule has 0 aliphatic rings. The lowest BCUT2D eigenvalue weighted by atomic mass is 10.2. The minimum atomic E-state index is -4.69. The highest BCUT2D eigenvalue weighted by Gasteiger charge is 2.41. The van der Waals surface area contributed by atoms with E-state index in [9.17, 15) is 35.5 Å². The highest BCUT2D eigenvalue weighted by atomic mass is 19.4. The zero-order valence-corrected chi connectivity index (χ0v) is 13.1. The van der Waals surface area contributed by atoms with Gasteiger partial charge in [0, 0.05) is 12.3 Å². The fraction of sp³-hybridized carbons (Fsp3) is 0.267. The first-order chi connectivity index (χ1) is 12.5. The molecule has 12 heteroatoms. The van der Waals surface area contributed by atoms with Gasteiger partial charge in [-0.15, -0.1) is 0 Å². The summed E-state index contributed by atoms with van der Waals surface area (Å²) in [6.07, 6.45) is -7.73. The van der Waals surface area contributed by atoms with Gasteiger partial charge in [0.1, 0.15) is 11.5 Å². The van der Waals surface area contributed by atoms with Gasteiger partial charge in [-0.25, -0.2) is 18.7 Å². The summed E-state index contributed by atoms with van der Waals surface area (Å²) in [7, 11) is 0. The first-order valence-electron chi connectivity index (χ1n) is 7.09. The van der Waals surface area contributed by atoms with Gasteiger partial charge in [0.05, 0.1) is 5.56 Å². The van der Waals surface area contributed by atoms with Crippen molar-refractivity contribution in [2.75, 3.05) is 11.9 Å². The van der Waals surface area contributed by atoms with E-state index in [0.717, 1.165) is 36.5 Å². The highest BCUT2D eigenvalue weighted by molar-refractivity contribution is 6.03. The van der Waals surface area contributed by atoms with Gasteiger partial charge in [0.25, 0.3) is 5.91 Å². The molecule has 27 heavy (non-hydrogen) atoms. The second-order valence-corrected chi connectivity index (χ2v) is 5.10. The van der Waals surface area contributed by atoms with Crippen molar-refractivity contribution in [3.63, 3.8) is 0 Å². The minimum absolute atomic E-state index is 0.151. The molecule has 0 unspecified atom stereocenters. The van der Waals surface area contributed by atoms with Gasteiger partial charge >= 0.3 is 18.5 Å². The lowest BCUT2D eigenvalue weighted by molar-refractivity contribution is -0.148. The van der Waals surface area contributed by atoms with Crippen molar-refractivity contribution < 1.29 is 40.3 Å². The number of hydrogen-bond donors (Lipinski definition) is 1. The number of carbonyl (C=O) groups excluding carboxylic acids is 1. The SMILES string of the molecule is O=C(Nc1cccc(C(F)(F)F)n1)c1ccc(OCC(F)(F)C(F)F)nc1. The number of rotatable bonds is 6. The first-order valence-corrected chi connectivity index (χ1v) is 7.09. The fourth-order valence-electron chi connectivity index (χ4n) is 1.68. The molecule has 0 saturated heterocycles. The van der Waals surface area contributed by atoms with Crippen LogP contribution in [0.5, 0.6) is 5.88 Å². The van der Waals surface area contributed by atoms with Crippen LogP contribution >= 0.6 is 0 Å². The molecule has 146 valence electrons. The van der Waals surface area contributed by atoms with E-state index in [1.165, 1.54) is 0 Å². The standard InChI is InChI=1S/C15H10F7N3O2/c16-13(17)14(18,19)7-27-11-5-4-8(6-23-11)12(26)25-10-3-1-2-9(24-10)15(20,21)22/h1-6,13H,7H2,(H,24,25,26). The Morgan fingerprint density at radius 1 is 1.11 bits per heavy atom. The normalized spacial score (nSPS) is 12.1. The monoisotopic (exact) mass is 397 g/mol. The number of alkyl halides is 7. The molecule has 1 amide bonds. The van der Waals surface area contributed by atoms with Gasteiger partial charge in [-0.2, -0.15) is 22.0 Å². The van der Waals surface area contributed by atoms with Crippen LogP contribution in [0.3, 0.4) is 0 Å². The lowest BCUT2D eigenvalue weighted by Crippen LogP contribution is -2.33. The number of hydrogen-bond acceptors (Lipinski definition) is 4. The first kappa shape index (κ1) is 20.4. The molecule has 5 nitrogen and oxygen atoms in total. The minimum Gasteiger partial charge on any atom is -0.471 e. The van der Waals surface area contributed by atoms with Gasteiger partial charge < -0.3 is 10.1 Å². The molecular formula is C15H10F7N3O2. The zero-order chi connectivity index (χ0) is 20.2. The van der Waals surface area contributed by atoms with E-state index >= 15 is 0 Å². The van der Waals surface area contributed by atoms with Crippen LogP contribution in [-0.2, 0) is 6.18 Å². The van der Waals surface area contributed by atoms with Crippen LogP contribution in [0.2, 0.25) is 0 Å². The van der Waals surface area contributed by atoms with Crippen LogP contribution in [0.25, 0.3) is 0 Å². The van der Waals surface area contributed by atoms with E-state index in [4.69, 9.17) is 0 Å². The average molecular weight is 397 g/mol. The molecular weight excluding hydrogens is 387 g/mol. The topological polar surface area (TPSA) is 64.1 Å². The number of pyridine rings is 2. The molecule has 0 aliphatic heterocycles. The predicted molar refractivity (Wildman–Crippen MR) is 77.9 cm³/mol. The van der Waals surface area contributed by atoms with Crippen LogP contribution in [0.1, 0.15) is 16.1 Å². The molecule has 2 heterocycles. The Balaban J connectivity index is 2.02. The van der Waals surface area contributed by atoms with Crippen LogP contribution in [-0.4, -0.2) is 34.8 Å². The predicted octanol–water partition coefficient (Wildman–Crippen LogP) is 4.03. The van der Waals surface area contributed by atoms with Crippen molar-refractivity contribution in [2.45, 2.75) is 18.5 Å². The van der Waals surface area contributed by atoms with Crippen LogP contribution in [0, 0.1) is 0 Å². The van der Waals surface area contributed by atoms with Crippen molar-refractivity contribution in [1.82, 2.24) is 9.97 Å². The largest absolute Gasteiger partial charge is 0.471 e. The number of aromatic nitrogens is 2. The summed E-state index contributed by atoms with van der Waals surface area (Å²) in [6, 6.07) is 4.93. The summed E-state index contributed by atoms with van der Waals surface area (Å²) in [5, 5.41) is 2.11. The van der Waals surface area contributed by atoms with E-state index in [2.05, 4.69) is 20.0 Å². The number of anilines is 1. The summed E-state index contributed by atoms with van der Waals surface area (Å²) >= 11 is 0. The number of nitrogens with one attached hydrogen (secondary N) is 1. The molecule has 0 atom stereocenters. The Morgan fingerprint density at radius 2 is 1.81 bits per heavy atom. The molecule has 2 rings (SSSR count). The van der Waals surface area contributed by atoms with Crippen molar-refractivity contribution in [2.24, 2.45) is 0 Å². The molecule has 0 radical (unpaired) electrons. The maximum Gasteiger partial charge on any atom is 0.433 e. The molecule has 0 aromatic carbocycles. The third kappa shape index (κ3) is 5.53. The number of halogens is 7. The third-order valence-electron chi connectivity index (χ3n) is 3.01. The van der Waals surface area contributed by atoms with Crippen molar-refractivity contribution >= 4 is 11.7 Å². The van der Waals surface area contributed by atoms with E-state index in [1.807, 2.05) is 0 Å². The van der Waals surface area contributed by atoms with E-state index < -0.39 is 42.6 Å².